The van der Waals surface area contributed by atoms with E-state index in [9.17, 15) is 0 Å². The fourth-order valence-electron chi connectivity index (χ4n) is 1.13. The highest BCUT2D eigenvalue weighted by molar-refractivity contribution is 6.17. The molecule has 2 aromatic rings. The number of halogens is 1. The SMILES string of the molecule is Cc1nccn1-c1ncc(CCl)cn1. The van der Waals surface area contributed by atoms with Crippen LogP contribution < -0.4 is 0 Å². The molecule has 0 saturated carbocycles. The van der Waals surface area contributed by atoms with Crippen molar-refractivity contribution in [3.8, 4) is 5.95 Å². The maximum absolute atomic E-state index is 5.64. The van der Waals surface area contributed by atoms with Gasteiger partial charge < -0.3 is 0 Å². The molecule has 0 amide bonds. The van der Waals surface area contributed by atoms with Gasteiger partial charge in [-0.1, -0.05) is 0 Å². The van der Waals surface area contributed by atoms with Gasteiger partial charge in [-0.2, -0.15) is 0 Å². The second-order valence-electron chi connectivity index (χ2n) is 2.87. The van der Waals surface area contributed by atoms with Crippen LogP contribution in [0.5, 0.6) is 0 Å². The van der Waals surface area contributed by atoms with Gasteiger partial charge in [-0.25, -0.2) is 15.0 Å². The molecule has 0 aliphatic heterocycles. The summed E-state index contributed by atoms with van der Waals surface area (Å²) in [6.45, 7) is 1.90. The molecule has 72 valence electrons. The van der Waals surface area contributed by atoms with E-state index in [2.05, 4.69) is 15.0 Å². The van der Waals surface area contributed by atoms with Gasteiger partial charge in [0.25, 0.3) is 0 Å². The predicted molar refractivity (Wildman–Crippen MR) is 53.4 cm³/mol. The van der Waals surface area contributed by atoms with Crippen LogP contribution in [0, 0.1) is 6.92 Å². The van der Waals surface area contributed by atoms with E-state index in [1.54, 1.807) is 18.6 Å². The molecule has 0 aliphatic rings. The molecule has 0 saturated heterocycles. The van der Waals surface area contributed by atoms with Crippen molar-refractivity contribution in [2.45, 2.75) is 12.8 Å². The molecule has 4 nitrogen and oxygen atoms in total. The number of imidazole rings is 1. The molecule has 0 aliphatic carbocycles. The largest absolute Gasteiger partial charge is 0.272 e. The average molecular weight is 209 g/mol. The maximum Gasteiger partial charge on any atom is 0.235 e. The van der Waals surface area contributed by atoms with Crippen LogP contribution in [0.4, 0.5) is 0 Å². The van der Waals surface area contributed by atoms with Crippen LogP contribution in [-0.2, 0) is 5.88 Å². The molecular weight excluding hydrogens is 200 g/mol. The minimum atomic E-state index is 0.434. The molecule has 2 heterocycles. The standard InChI is InChI=1S/C9H9ClN4/c1-7-11-2-3-14(7)9-12-5-8(4-10)6-13-9/h2-3,5-6H,4H2,1H3. The van der Waals surface area contributed by atoms with Gasteiger partial charge in [0.15, 0.2) is 0 Å². The molecule has 0 atom stereocenters. The summed E-state index contributed by atoms with van der Waals surface area (Å²) >= 11 is 5.64. The molecule has 0 fully saturated rings. The van der Waals surface area contributed by atoms with E-state index >= 15 is 0 Å². The monoisotopic (exact) mass is 208 g/mol. The van der Waals surface area contributed by atoms with E-state index in [1.807, 2.05) is 17.7 Å². The Bertz CT molecular complexity index is 421. The second-order valence-corrected chi connectivity index (χ2v) is 3.14. The van der Waals surface area contributed by atoms with Gasteiger partial charge in [0, 0.05) is 30.4 Å². The summed E-state index contributed by atoms with van der Waals surface area (Å²) in [5.74, 6) is 1.92. The Hall–Kier alpha value is -1.42. The molecule has 0 unspecified atom stereocenters. The Balaban J connectivity index is 2.39. The van der Waals surface area contributed by atoms with Crippen LogP contribution in [0.1, 0.15) is 11.4 Å². The summed E-state index contributed by atoms with van der Waals surface area (Å²) in [5, 5.41) is 0. The number of alkyl halides is 1. The van der Waals surface area contributed by atoms with Crippen molar-refractivity contribution >= 4 is 11.6 Å². The van der Waals surface area contributed by atoms with Crippen molar-refractivity contribution in [1.82, 2.24) is 19.5 Å². The van der Waals surface area contributed by atoms with E-state index < -0.39 is 0 Å². The van der Waals surface area contributed by atoms with Crippen molar-refractivity contribution in [2.24, 2.45) is 0 Å². The summed E-state index contributed by atoms with van der Waals surface area (Å²) in [6.07, 6.45) is 6.97. The van der Waals surface area contributed by atoms with E-state index in [1.165, 1.54) is 0 Å². The van der Waals surface area contributed by atoms with Gasteiger partial charge >= 0.3 is 0 Å². The first kappa shape index (κ1) is 9.15. The van der Waals surface area contributed by atoms with Gasteiger partial charge in [-0.3, -0.25) is 4.57 Å². The van der Waals surface area contributed by atoms with Gasteiger partial charge in [-0.05, 0) is 6.92 Å². The zero-order valence-electron chi connectivity index (χ0n) is 7.68. The lowest BCUT2D eigenvalue weighted by molar-refractivity contribution is 0.876. The molecule has 2 aromatic heterocycles. The molecule has 0 aromatic carbocycles. The highest BCUT2D eigenvalue weighted by atomic mass is 35.5. The Labute approximate surface area is 86.6 Å². The number of hydrogen-bond donors (Lipinski definition) is 0. The molecule has 2 rings (SSSR count). The fraction of sp³-hybridized carbons (Fsp3) is 0.222. The first-order chi connectivity index (χ1) is 6.81. The highest BCUT2D eigenvalue weighted by Gasteiger charge is 2.02. The fourth-order valence-corrected chi connectivity index (χ4v) is 1.27. The van der Waals surface area contributed by atoms with Crippen molar-refractivity contribution in [2.75, 3.05) is 0 Å². The minimum Gasteiger partial charge on any atom is -0.272 e. The van der Waals surface area contributed by atoms with Crippen molar-refractivity contribution in [1.29, 1.82) is 0 Å². The Morgan fingerprint density at radius 1 is 1.29 bits per heavy atom. The zero-order chi connectivity index (χ0) is 9.97. The molecule has 14 heavy (non-hydrogen) atoms. The normalized spacial score (nSPS) is 10.4. The van der Waals surface area contributed by atoms with Gasteiger partial charge in [-0.15, -0.1) is 11.6 Å². The van der Waals surface area contributed by atoms with Crippen LogP contribution in [0.25, 0.3) is 5.95 Å². The Morgan fingerprint density at radius 2 is 2.00 bits per heavy atom. The molecule has 5 heteroatoms. The number of aromatic nitrogens is 4. The number of hydrogen-bond acceptors (Lipinski definition) is 3. The number of nitrogens with zero attached hydrogens (tertiary/aromatic N) is 4. The van der Waals surface area contributed by atoms with Crippen LogP contribution in [0.15, 0.2) is 24.8 Å². The van der Waals surface area contributed by atoms with Crippen LogP contribution in [0.3, 0.4) is 0 Å². The van der Waals surface area contributed by atoms with E-state index in [-0.39, 0.29) is 0 Å². The van der Waals surface area contributed by atoms with Crippen molar-refractivity contribution in [3.63, 3.8) is 0 Å². The molecule has 0 radical (unpaired) electrons. The summed E-state index contributed by atoms with van der Waals surface area (Å²) in [4.78, 5) is 12.5. The number of rotatable bonds is 2. The molecular formula is C9H9ClN4. The lowest BCUT2D eigenvalue weighted by Crippen LogP contribution is -2.02. The first-order valence-electron chi connectivity index (χ1n) is 4.18. The second kappa shape index (κ2) is 3.75. The van der Waals surface area contributed by atoms with Crippen molar-refractivity contribution in [3.05, 3.63) is 36.2 Å². The average Bonchev–Trinajstić information content (AvgIpc) is 2.65. The Kier molecular flexibility index (Phi) is 2.45. The lowest BCUT2D eigenvalue weighted by atomic mass is 10.4. The van der Waals surface area contributed by atoms with Gasteiger partial charge in [0.05, 0.1) is 5.88 Å². The third-order valence-electron chi connectivity index (χ3n) is 1.89. The first-order valence-corrected chi connectivity index (χ1v) is 4.72. The third kappa shape index (κ3) is 1.61. The summed E-state index contributed by atoms with van der Waals surface area (Å²) in [7, 11) is 0. The van der Waals surface area contributed by atoms with Gasteiger partial charge in [0.2, 0.25) is 5.95 Å². The van der Waals surface area contributed by atoms with E-state index in [0.717, 1.165) is 11.4 Å². The summed E-state index contributed by atoms with van der Waals surface area (Å²) < 4.78 is 1.82. The predicted octanol–water partition coefficient (Wildman–Crippen LogP) is 1.71. The third-order valence-corrected chi connectivity index (χ3v) is 2.20. The quantitative estimate of drug-likeness (QED) is 0.706. The van der Waals surface area contributed by atoms with Crippen LogP contribution in [0.2, 0.25) is 0 Å². The number of aryl methyl sites for hydroxylation is 1. The van der Waals surface area contributed by atoms with E-state index in [0.29, 0.717) is 11.8 Å². The summed E-state index contributed by atoms with van der Waals surface area (Å²) in [5.41, 5.74) is 0.910. The van der Waals surface area contributed by atoms with Crippen LogP contribution in [-0.4, -0.2) is 19.5 Å². The lowest BCUT2D eigenvalue weighted by Gasteiger charge is -2.02. The highest BCUT2D eigenvalue weighted by Crippen LogP contribution is 2.05. The summed E-state index contributed by atoms with van der Waals surface area (Å²) in [6, 6.07) is 0. The molecule has 0 N–H and O–H groups in total. The van der Waals surface area contributed by atoms with Gasteiger partial charge in [0.1, 0.15) is 5.82 Å². The van der Waals surface area contributed by atoms with Crippen molar-refractivity contribution < 1.29 is 0 Å². The molecule has 0 bridgehead atoms. The van der Waals surface area contributed by atoms with Crippen LogP contribution >= 0.6 is 11.6 Å². The zero-order valence-corrected chi connectivity index (χ0v) is 8.44. The minimum absolute atomic E-state index is 0.434. The Morgan fingerprint density at radius 3 is 2.50 bits per heavy atom. The van der Waals surface area contributed by atoms with E-state index in [4.69, 9.17) is 11.6 Å². The smallest absolute Gasteiger partial charge is 0.235 e. The molecule has 0 spiro atoms. The topological polar surface area (TPSA) is 43.6 Å². The maximum atomic E-state index is 5.64.